The van der Waals surface area contributed by atoms with Crippen LogP contribution in [0.25, 0.3) is 0 Å². The summed E-state index contributed by atoms with van der Waals surface area (Å²) in [4.78, 5) is 24.8. The molecule has 27 heavy (non-hydrogen) atoms. The molecule has 3 aliphatic rings. The number of rotatable bonds is 2. The molecule has 2 fully saturated rings. The molecule has 0 saturated heterocycles. The zero-order valence-corrected chi connectivity index (χ0v) is 16.4. The summed E-state index contributed by atoms with van der Waals surface area (Å²) in [5, 5.41) is 32.5. The molecule has 7 atom stereocenters. The molecule has 0 bridgehead atoms. The van der Waals surface area contributed by atoms with Gasteiger partial charge in [-0.15, -0.1) is 0 Å². The first-order valence-electron chi connectivity index (χ1n) is 9.37. The van der Waals surface area contributed by atoms with Crippen molar-refractivity contribution in [3.8, 4) is 0 Å². The van der Waals surface area contributed by atoms with Gasteiger partial charge >= 0.3 is 11.9 Å². The number of esters is 2. The maximum absolute atomic E-state index is 12.6. The van der Waals surface area contributed by atoms with Crippen molar-refractivity contribution in [1.29, 1.82) is 0 Å². The Morgan fingerprint density at radius 2 is 1.96 bits per heavy atom. The minimum atomic E-state index is -2.22. The summed E-state index contributed by atoms with van der Waals surface area (Å²) in [6, 6.07) is 0. The van der Waals surface area contributed by atoms with Crippen LogP contribution < -0.4 is 0 Å². The molecule has 7 heteroatoms. The lowest BCUT2D eigenvalue weighted by Gasteiger charge is -2.59. The second kappa shape index (κ2) is 6.43. The van der Waals surface area contributed by atoms with Crippen LogP contribution in [0.4, 0.5) is 0 Å². The van der Waals surface area contributed by atoms with E-state index in [0.29, 0.717) is 18.4 Å². The van der Waals surface area contributed by atoms with Crippen molar-refractivity contribution in [2.45, 2.75) is 71.6 Å². The molecular weight excluding hydrogens is 352 g/mol. The fourth-order valence-corrected chi connectivity index (χ4v) is 4.94. The average Bonchev–Trinajstić information content (AvgIpc) is 2.86. The molecule has 7 nitrogen and oxygen atoms in total. The molecule has 2 aliphatic carbocycles. The molecule has 1 heterocycles. The third-order valence-corrected chi connectivity index (χ3v) is 7.06. The van der Waals surface area contributed by atoms with E-state index in [1.165, 1.54) is 6.92 Å². The monoisotopic (exact) mass is 380 g/mol. The van der Waals surface area contributed by atoms with Gasteiger partial charge in [-0.25, -0.2) is 9.59 Å². The van der Waals surface area contributed by atoms with Gasteiger partial charge in [-0.05, 0) is 39.5 Å². The molecule has 7 unspecified atom stereocenters. The summed E-state index contributed by atoms with van der Waals surface area (Å²) < 4.78 is 11.0. The van der Waals surface area contributed by atoms with Crippen LogP contribution in [0.2, 0.25) is 0 Å². The van der Waals surface area contributed by atoms with Gasteiger partial charge in [0.1, 0.15) is 12.2 Å². The Hall–Kier alpha value is -1.70. The topological polar surface area (TPSA) is 113 Å². The maximum atomic E-state index is 12.6. The molecule has 2 saturated carbocycles. The minimum absolute atomic E-state index is 0.0805. The summed E-state index contributed by atoms with van der Waals surface area (Å²) in [7, 11) is 0. The van der Waals surface area contributed by atoms with Gasteiger partial charge in [-0.3, -0.25) is 0 Å². The number of carbonyl (C=O) groups excluding carboxylic acids is 2. The molecule has 0 radical (unpaired) electrons. The third kappa shape index (κ3) is 2.59. The van der Waals surface area contributed by atoms with Crippen LogP contribution in [0.5, 0.6) is 0 Å². The number of aliphatic hydroxyl groups is 3. The summed E-state index contributed by atoms with van der Waals surface area (Å²) >= 11 is 0. The Kier molecular flexibility index (Phi) is 4.77. The Balaban J connectivity index is 2.19. The SMILES string of the molecule is CC=C(C)C(=O)OC1C2=C(C)C(=O)OC2(O)C(O)C2CCC(O)C(C)C12C. The van der Waals surface area contributed by atoms with Crippen molar-refractivity contribution in [3.63, 3.8) is 0 Å². The third-order valence-electron chi connectivity index (χ3n) is 7.06. The first-order valence-corrected chi connectivity index (χ1v) is 9.37. The lowest BCUT2D eigenvalue weighted by atomic mass is 9.50. The van der Waals surface area contributed by atoms with Crippen molar-refractivity contribution >= 4 is 11.9 Å². The first-order chi connectivity index (χ1) is 12.5. The number of ether oxygens (including phenoxy) is 2. The zero-order chi connectivity index (χ0) is 20.3. The van der Waals surface area contributed by atoms with Crippen LogP contribution in [0.3, 0.4) is 0 Å². The van der Waals surface area contributed by atoms with Crippen molar-refractivity contribution in [2.75, 3.05) is 0 Å². The summed E-state index contributed by atoms with van der Waals surface area (Å²) in [5.41, 5.74) is -0.286. The van der Waals surface area contributed by atoms with E-state index in [1.54, 1.807) is 19.9 Å². The predicted molar refractivity (Wildman–Crippen MR) is 95.1 cm³/mol. The van der Waals surface area contributed by atoms with Gasteiger partial charge in [0.2, 0.25) is 0 Å². The Morgan fingerprint density at radius 1 is 1.33 bits per heavy atom. The van der Waals surface area contributed by atoms with E-state index in [4.69, 9.17) is 9.47 Å². The van der Waals surface area contributed by atoms with Crippen molar-refractivity contribution in [3.05, 3.63) is 22.8 Å². The van der Waals surface area contributed by atoms with Crippen molar-refractivity contribution in [2.24, 2.45) is 17.3 Å². The van der Waals surface area contributed by atoms with E-state index in [9.17, 15) is 24.9 Å². The molecular formula is C20H28O7. The first kappa shape index (κ1) is 20.0. The van der Waals surface area contributed by atoms with E-state index in [0.717, 1.165) is 0 Å². The molecule has 3 rings (SSSR count). The fraction of sp³-hybridized carbons (Fsp3) is 0.700. The van der Waals surface area contributed by atoms with E-state index in [2.05, 4.69) is 0 Å². The van der Waals surface area contributed by atoms with Crippen LogP contribution in [0.1, 0.15) is 47.5 Å². The minimum Gasteiger partial charge on any atom is -0.454 e. The second-order valence-corrected chi connectivity index (χ2v) is 8.23. The summed E-state index contributed by atoms with van der Waals surface area (Å²) in [5.74, 6) is -4.40. The van der Waals surface area contributed by atoms with Gasteiger partial charge in [-0.1, -0.05) is 19.9 Å². The van der Waals surface area contributed by atoms with Crippen LogP contribution in [0.15, 0.2) is 22.8 Å². The highest BCUT2D eigenvalue weighted by atomic mass is 16.7. The van der Waals surface area contributed by atoms with E-state index < -0.39 is 47.4 Å². The van der Waals surface area contributed by atoms with E-state index in [-0.39, 0.29) is 17.1 Å². The molecule has 150 valence electrons. The number of hydrogen-bond donors (Lipinski definition) is 3. The van der Waals surface area contributed by atoms with Crippen LogP contribution in [0, 0.1) is 17.3 Å². The molecule has 0 aromatic rings. The van der Waals surface area contributed by atoms with Gasteiger partial charge < -0.3 is 24.8 Å². The largest absolute Gasteiger partial charge is 0.454 e. The number of allylic oxidation sites excluding steroid dienone is 1. The zero-order valence-electron chi connectivity index (χ0n) is 16.4. The van der Waals surface area contributed by atoms with Gasteiger partial charge in [0.25, 0.3) is 5.79 Å². The van der Waals surface area contributed by atoms with Crippen molar-refractivity contribution < 1.29 is 34.4 Å². The molecule has 0 aromatic carbocycles. The Bertz CT molecular complexity index is 739. The Labute approximate surface area is 158 Å². The maximum Gasteiger partial charge on any atom is 0.336 e. The van der Waals surface area contributed by atoms with Gasteiger partial charge in [0.15, 0.2) is 0 Å². The van der Waals surface area contributed by atoms with Crippen LogP contribution >= 0.6 is 0 Å². The fourth-order valence-electron chi connectivity index (χ4n) is 4.94. The number of hydrogen-bond acceptors (Lipinski definition) is 7. The second-order valence-electron chi connectivity index (χ2n) is 8.23. The highest BCUT2D eigenvalue weighted by Gasteiger charge is 2.69. The molecule has 0 spiro atoms. The number of aliphatic hydroxyl groups excluding tert-OH is 2. The number of carbonyl (C=O) groups is 2. The lowest BCUT2D eigenvalue weighted by Crippen LogP contribution is -2.68. The summed E-state index contributed by atoms with van der Waals surface area (Å²) in [6.45, 7) is 8.48. The highest BCUT2D eigenvalue weighted by molar-refractivity contribution is 5.93. The predicted octanol–water partition coefficient (Wildman–Crippen LogP) is 1.21. The van der Waals surface area contributed by atoms with Gasteiger partial charge in [0.05, 0.1) is 11.7 Å². The normalized spacial score (nSPS) is 44.5. The van der Waals surface area contributed by atoms with Gasteiger partial charge in [-0.2, -0.15) is 0 Å². The standard InChI is InChI=1S/C20H28O7/c1-6-9(2)17(23)26-16-14-10(3)18(24)27-20(14,25)15(22)12-7-8-13(21)11(4)19(12,16)5/h6,11-13,15-16,21-22,25H,7-8H2,1-5H3. The quantitative estimate of drug-likeness (QED) is 0.487. The summed E-state index contributed by atoms with van der Waals surface area (Å²) in [6.07, 6.45) is -0.557. The van der Waals surface area contributed by atoms with Crippen molar-refractivity contribution in [1.82, 2.24) is 0 Å². The molecule has 0 amide bonds. The van der Waals surface area contributed by atoms with Crippen LogP contribution in [-0.2, 0) is 19.1 Å². The highest BCUT2D eigenvalue weighted by Crippen LogP contribution is 2.60. The molecule has 3 N–H and O–H groups in total. The Morgan fingerprint density at radius 3 is 2.56 bits per heavy atom. The van der Waals surface area contributed by atoms with E-state index in [1.807, 2.05) is 13.8 Å². The molecule has 0 aromatic heterocycles. The van der Waals surface area contributed by atoms with Crippen LogP contribution in [-0.4, -0.2) is 51.4 Å². The van der Waals surface area contributed by atoms with E-state index >= 15 is 0 Å². The van der Waals surface area contributed by atoms with Gasteiger partial charge in [0, 0.05) is 22.5 Å². The lowest BCUT2D eigenvalue weighted by molar-refractivity contribution is -0.280. The average molecular weight is 380 g/mol. The molecule has 1 aliphatic heterocycles. The smallest absolute Gasteiger partial charge is 0.336 e. The number of fused-ring (bicyclic) bond motifs is 2.